The predicted octanol–water partition coefficient (Wildman–Crippen LogP) is 1.43. The number of sulfonamides is 1. The zero-order valence-electron chi connectivity index (χ0n) is 14.7. The highest BCUT2D eigenvalue weighted by atomic mass is 32.2. The van der Waals surface area contributed by atoms with Gasteiger partial charge in [-0.2, -0.15) is 4.31 Å². The lowest BCUT2D eigenvalue weighted by molar-refractivity contribution is -0.120. The van der Waals surface area contributed by atoms with E-state index in [0.717, 1.165) is 30.6 Å². The summed E-state index contributed by atoms with van der Waals surface area (Å²) in [6, 6.07) is 5.09. The number of fused-ring (bicyclic) bond motifs is 1. The number of imidazole rings is 1. The molecule has 1 aromatic heterocycles. The van der Waals surface area contributed by atoms with E-state index in [0.29, 0.717) is 31.4 Å². The van der Waals surface area contributed by atoms with Gasteiger partial charge < -0.3 is 9.88 Å². The number of rotatable bonds is 5. The minimum atomic E-state index is -3.47. The summed E-state index contributed by atoms with van der Waals surface area (Å²) in [4.78, 5) is 16.3. The fraction of sp³-hybridized carbons (Fsp3) is 0.529. The van der Waals surface area contributed by atoms with Gasteiger partial charge in [-0.3, -0.25) is 4.79 Å². The molecule has 0 spiro atoms. The number of benzene rings is 1. The Balaban J connectivity index is 1.90. The fourth-order valence-electron chi connectivity index (χ4n) is 3.22. The molecular weight excluding hydrogens is 340 g/mol. The van der Waals surface area contributed by atoms with Crippen LogP contribution in [0.2, 0.25) is 0 Å². The third-order valence-electron chi connectivity index (χ3n) is 4.75. The molecule has 0 bridgehead atoms. The maximum Gasteiger partial charge on any atom is 0.243 e. The average Bonchev–Trinajstić information content (AvgIpc) is 2.95. The van der Waals surface area contributed by atoms with E-state index in [-0.39, 0.29) is 10.8 Å². The topological polar surface area (TPSA) is 84.3 Å². The van der Waals surface area contributed by atoms with Gasteiger partial charge in [0.05, 0.1) is 15.9 Å². The van der Waals surface area contributed by atoms with Gasteiger partial charge in [-0.15, -0.1) is 0 Å². The number of aryl methyl sites for hydroxylation is 2. The molecule has 1 aliphatic heterocycles. The van der Waals surface area contributed by atoms with Crippen molar-refractivity contribution >= 4 is 27.0 Å². The third kappa shape index (κ3) is 3.55. The first kappa shape index (κ1) is 17.9. The second-order valence-electron chi connectivity index (χ2n) is 6.38. The lowest BCUT2D eigenvalue weighted by Crippen LogP contribution is -2.35. The number of nitrogens with zero attached hydrogens (tertiary/aromatic N) is 3. The predicted molar refractivity (Wildman–Crippen MR) is 95.7 cm³/mol. The van der Waals surface area contributed by atoms with Gasteiger partial charge in [0, 0.05) is 40.0 Å². The Morgan fingerprint density at radius 2 is 1.96 bits per heavy atom. The highest BCUT2D eigenvalue weighted by Gasteiger charge is 2.26. The first-order valence-electron chi connectivity index (χ1n) is 8.59. The molecule has 0 unspecified atom stereocenters. The van der Waals surface area contributed by atoms with Crippen LogP contribution in [0.25, 0.3) is 11.0 Å². The van der Waals surface area contributed by atoms with Crippen LogP contribution in [-0.2, 0) is 28.3 Å². The van der Waals surface area contributed by atoms with E-state index in [1.54, 1.807) is 29.6 Å². The minimum absolute atomic E-state index is 0.0413. The summed E-state index contributed by atoms with van der Waals surface area (Å²) in [5.41, 5.74) is 1.51. The van der Waals surface area contributed by atoms with Gasteiger partial charge in [-0.25, -0.2) is 13.4 Å². The van der Waals surface area contributed by atoms with E-state index in [4.69, 9.17) is 0 Å². The van der Waals surface area contributed by atoms with Crippen LogP contribution in [0.3, 0.4) is 0 Å². The minimum Gasteiger partial charge on any atom is -0.359 e. The van der Waals surface area contributed by atoms with Gasteiger partial charge in [0.25, 0.3) is 0 Å². The number of piperidine rings is 1. The summed E-state index contributed by atoms with van der Waals surface area (Å²) < 4.78 is 29.1. The molecule has 1 N–H and O–H groups in total. The Labute approximate surface area is 148 Å². The van der Waals surface area contributed by atoms with E-state index >= 15 is 0 Å². The monoisotopic (exact) mass is 364 g/mol. The normalized spacial score (nSPS) is 16.2. The van der Waals surface area contributed by atoms with Crippen molar-refractivity contribution in [2.75, 3.05) is 20.1 Å². The van der Waals surface area contributed by atoms with Crippen molar-refractivity contribution < 1.29 is 13.2 Å². The Kier molecular flexibility index (Phi) is 5.10. The third-order valence-corrected chi connectivity index (χ3v) is 6.65. The van der Waals surface area contributed by atoms with E-state index in [1.807, 2.05) is 11.6 Å². The summed E-state index contributed by atoms with van der Waals surface area (Å²) in [6.07, 6.45) is 3.77. The number of hydrogen-bond acceptors (Lipinski definition) is 4. The average molecular weight is 364 g/mol. The second-order valence-corrected chi connectivity index (χ2v) is 8.31. The number of aromatic nitrogens is 2. The number of carbonyl (C=O) groups excluding carboxylic acids is 1. The lowest BCUT2D eigenvalue weighted by atomic mass is 10.2. The molecule has 1 fully saturated rings. The molecule has 3 rings (SSSR count). The molecule has 0 aliphatic carbocycles. The van der Waals surface area contributed by atoms with Crippen LogP contribution in [0.4, 0.5) is 0 Å². The number of amides is 1. The molecule has 0 atom stereocenters. The molecule has 7 nitrogen and oxygen atoms in total. The maximum absolute atomic E-state index is 12.8. The Morgan fingerprint density at radius 1 is 1.24 bits per heavy atom. The first-order valence-corrected chi connectivity index (χ1v) is 10.0. The fourth-order valence-corrected chi connectivity index (χ4v) is 4.76. The largest absolute Gasteiger partial charge is 0.359 e. The van der Waals surface area contributed by atoms with Gasteiger partial charge in [0.1, 0.15) is 5.82 Å². The van der Waals surface area contributed by atoms with Crippen LogP contribution in [0.1, 0.15) is 31.5 Å². The molecule has 1 amide bonds. The standard InChI is InChI=1S/C17H24N4O3S/c1-18-17(22)9-8-16-19-14-12-13(6-7-15(14)20(16)2)25(23,24)21-10-4-3-5-11-21/h6-7,12H,3-5,8-11H2,1-2H3,(H,18,22). The van der Waals surface area contributed by atoms with Crippen molar-refractivity contribution in [1.29, 1.82) is 0 Å². The van der Waals surface area contributed by atoms with E-state index in [2.05, 4.69) is 10.3 Å². The van der Waals surface area contributed by atoms with Crippen molar-refractivity contribution in [3.8, 4) is 0 Å². The second kappa shape index (κ2) is 7.13. The van der Waals surface area contributed by atoms with Crippen LogP contribution in [0.5, 0.6) is 0 Å². The molecule has 0 radical (unpaired) electrons. The molecule has 0 saturated carbocycles. The van der Waals surface area contributed by atoms with Gasteiger partial charge in [-0.05, 0) is 31.0 Å². The molecular formula is C17H24N4O3S. The van der Waals surface area contributed by atoms with E-state index < -0.39 is 10.0 Å². The Hall–Kier alpha value is -1.93. The van der Waals surface area contributed by atoms with Crippen LogP contribution in [0, 0.1) is 0 Å². The van der Waals surface area contributed by atoms with E-state index in [9.17, 15) is 13.2 Å². The zero-order chi connectivity index (χ0) is 18.0. The van der Waals surface area contributed by atoms with Gasteiger partial charge in [0.15, 0.2) is 0 Å². The SMILES string of the molecule is CNC(=O)CCc1nc2cc(S(=O)(=O)N3CCCCC3)ccc2n1C. The number of carbonyl (C=O) groups is 1. The molecule has 1 saturated heterocycles. The number of nitrogens with one attached hydrogen (secondary N) is 1. The van der Waals surface area contributed by atoms with Crippen molar-refractivity contribution in [3.63, 3.8) is 0 Å². The summed E-state index contributed by atoms with van der Waals surface area (Å²) in [7, 11) is 0.0216. The van der Waals surface area contributed by atoms with E-state index in [1.165, 1.54) is 0 Å². The van der Waals surface area contributed by atoms with Gasteiger partial charge >= 0.3 is 0 Å². The maximum atomic E-state index is 12.8. The highest BCUT2D eigenvalue weighted by molar-refractivity contribution is 7.89. The highest BCUT2D eigenvalue weighted by Crippen LogP contribution is 2.24. The Bertz CT molecular complexity index is 883. The summed E-state index contributed by atoms with van der Waals surface area (Å²) >= 11 is 0. The molecule has 25 heavy (non-hydrogen) atoms. The smallest absolute Gasteiger partial charge is 0.243 e. The van der Waals surface area contributed by atoms with Crippen molar-refractivity contribution in [1.82, 2.24) is 19.2 Å². The molecule has 1 aromatic carbocycles. The van der Waals surface area contributed by atoms with Crippen LogP contribution in [-0.4, -0.2) is 48.3 Å². The quantitative estimate of drug-likeness (QED) is 0.870. The Morgan fingerprint density at radius 3 is 2.64 bits per heavy atom. The van der Waals surface area contributed by atoms with Crippen LogP contribution < -0.4 is 5.32 Å². The summed E-state index contributed by atoms with van der Waals surface area (Å²) in [5.74, 6) is 0.728. The van der Waals surface area contributed by atoms with Crippen LogP contribution >= 0.6 is 0 Å². The van der Waals surface area contributed by atoms with Gasteiger partial charge in [-0.1, -0.05) is 6.42 Å². The van der Waals surface area contributed by atoms with Gasteiger partial charge in [0.2, 0.25) is 15.9 Å². The first-order chi connectivity index (χ1) is 11.9. The number of hydrogen-bond donors (Lipinski definition) is 1. The van der Waals surface area contributed by atoms with Crippen molar-refractivity contribution in [2.45, 2.75) is 37.0 Å². The molecule has 2 aromatic rings. The summed E-state index contributed by atoms with van der Waals surface area (Å²) in [6.45, 7) is 1.17. The molecule has 2 heterocycles. The van der Waals surface area contributed by atoms with Crippen molar-refractivity contribution in [2.24, 2.45) is 7.05 Å². The summed E-state index contributed by atoms with van der Waals surface area (Å²) in [5, 5.41) is 2.59. The lowest BCUT2D eigenvalue weighted by Gasteiger charge is -2.25. The molecule has 1 aliphatic rings. The van der Waals surface area contributed by atoms with Crippen LogP contribution in [0.15, 0.2) is 23.1 Å². The molecule has 8 heteroatoms. The van der Waals surface area contributed by atoms with Crippen molar-refractivity contribution in [3.05, 3.63) is 24.0 Å². The molecule has 136 valence electrons. The zero-order valence-corrected chi connectivity index (χ0v) is 15.5.